The van der Waals surface area contributed by atoms with E-state index in [0.29, 0.717) is 22.9 Å². The van der Waals surface area contributed by atoms with Gasteiger partial charge in [-0.2, -0.15) is 0 Å². The Morgan fingerprint density at radius 3 is 2.71 bits per heavy atom. The molecule has 146 valence electrons. The van der Waals surface area contributed by atoms with Gasteiger partial charge in [-0.05, 0) is 57.9 Å². The molecule has 2 heterocycles. The Kier molecular flexibility index (Phi) is 4.79. The number of rotatable bonds is 5. The number of hydrogen-bond acceptors (Lipinski definition) is 5. The molecule has 1 aromatic heterocycles. The molecule has 0 bridgehead atoms. The maximum Gasteiger partial charge on any atom is 0.338 e. The fraction of sp³-hybridized carbons (Fsp3) is 0.381. The van der Waals surface area contributed by atoms with E-state index in [1.54, 1.807) is 18.2 Å². The third kappa shape index (κ3) is 3.46. The van der Waals surface area contributed by atoms with E-state index in [1.165, 1.54) is 11.8 Å². The minimum atomic E-state index is -0.579. The highest BCUT2D eigenvalue weighted by Gasteiger charge is 2.29. The Morgan fingerprint density at radius 2 is 2.00 bits per heavy atom. The molecule has 1 N–H and O–H groups in total. The molecule has 1 aromatic carbocycles. The number of amides is 1. The first-order valence-electron chi connectivity index (χ1n) is 9.35. The van der Waals surface area contributed by atoms with E-state index in [9.17, 15) is 14.4 Å². The van der Waals surface area contributed by atoms with Crippen molar-refractivity contribution in [1.29, 1.82) is 0 Å². The van der Waals surface area contributed by atoms with Crippen molar-refractivity contribution >= 4 is 35.1 Å². The van der Waals surface area contributed by atoms with Crippen LogP contribution in [0.5, 0.6) is 0 Å². The van der Waals surface area contributed by atoms with Crippen LogP contribution in [0.1, 0.15) is 57.9 Å². The summed E-state index contributed by atoms with van der Waals surface area (Å²) in [7, 11) is 0. The smallest absolute Gasteiger partial charge is 0.338 e. The second-order valence-electron chi connectivity index (χ2n) is 7.35. The lowest BCUT2D eigenvalue weighted by atomic mass is 10.1. The SMILES string of the molecule is Cc1cc(C(=O)COC(=O)c2ccc3c(c2)NC(=O)[C@H](C)S3)c(C)n1C1CC1. The van der Waals surface area contributed by atoms with E-state index in [1.807, 2.05) is 26.8 Å². The molecular weight excluding hydrogens is 376 g/mol. The number of aryl methyl sites for hydroxylation is 1. The standard InChI is InChI=1S/C21H22N2O4S/c1-11-8-16(12(2)23(11)15-5-6-15)18(24)10-27-21(26)14-4-7-19-17(9-14)22-20(25)13(3)28-19/h4,7-9,13,15H,5-6,10H2,1-3H3,(H,22,25)/t13-/m0/s1. The van der Waals surface area contributed by atoms with Gasteiger partial charge in [-0.1, -0.05) is 0 Å². The first-order valence-corrected chi connectivity index (χ1v) is 10.2. The van der Waals surface area contributed by atoms with E-state index < -0.39 is 5.97 Å². The molecule has 6 nitrogen and oxygen atoms in total. The molecule has 7 heteroatoms. The molecule has 2 aromatic rings. The van der Waals surface area contributed by atoms with Crippen molar-refractivity contribution in [2.75, 3.05) is 11.9 Å². The maximum absolute atomic E-state index is 12.6. The number of aromatic nitrogens is 1. The number of thioether (sulfide) groups is 1. The highest BCUT2D eigenvalue weighted by Crippen LogP contribution is 2.38. The number of carbonyl (C=O) groups is 3. The van der Waals surface area contributed by atoms with Crippen LogP contribution < -0.4 is 5.32 Å². The molecule has 28 heavy (non-hydrogen) atoms. The first kappa shape index (κ1) is 18.8. The Bertz CT molecular complexity index is 991. The van der Waals surface area contributed by atoms with Crippen LogP contribution in [0.25, 0.3) is 0 Å². The predicted octanol–water partition coefficient (Wildman–Crippen LogP) is 3.91. The van der Waals surface area contributed by atoms with Gasteiger partial charge in [0.2, 0.25) is 11.7 Å². The monoisotopic (exact) mass is 398 g/mol. The van der Waals surface area contributed by atoms with Crippen molar-refractivity contribution in [2.45, 2.75) is 49.8 Å². The summed E-state index contributed by atoms with van der Waals surface area (Å²) in [6, 6.07) is 7.41. The Hall–Kier alpha value is -2.54. The first-order chi connectivity index (χ1) is 13.3. The van der Waals surface area contributed by atoms with Crippen LogP contribution in [0.3, 0.4) is 0 Å². The molecular formula is C21H22N2O4S. The second kappa shape index (κ2) is 7.13. The van der Waals surface area contributed by atoms with Crippen LogP contribution in [0.4, 0.5) is 5.69 Å². The Balaban J connectivity index is 1.43. The van der Waals surface area contributed by atoms with Gasteiger partial charge in [0, 0.05) is 27.9 Å². The number of hydrogen-bond donors (Lipinski definition) is 1. The van der Waals surface area contributed by atoms with Gasteiger partial charge in [-0.3, -0.25) is 9.59 Å². The number of esters is 1. The van der Waals surface area contributed by atoms with E-state index >= 15 is 0 Å². The largest absolute Gasteiger partial charge is 0.454 e. The summed E-state index contributed by atoms with van der Waals surface area (Å²) in [6.07, 6.45) is 2.29. The number of nitrogens with zero attached hydrogens (tertiary/aromatic N) is 1. The summed E-state index contributed by atoms with van der Waals surface area (Å²) in [4.78, 5) is 37.7. The Morgan fingerprint density at radius 1 is 1.25 bits per heavy atom. The van der Waals surface area contributed by atoms with E-state index in [4.69, 9.17) is 4.74 Å². The van der Waals surface area contributed by atoms with Gasteiger partial charge >= 0.3 is 5.97 Å². The summed E-state index contributed by atoms with van der Waals surface area (Å²) in [5.41, 5.74) is 3.52. The number of benzene rings is 1. The van der Waals surface area contributed by atoms with Crippen LogP contribution in [0.2, 0.25) is 0 Å². The normalized spacial score (nSPS) is 18.4. The third-order valence-electron chi connectivity index (χ3n) is 5.18. The van der Waals surface area contributed by atoms with Gasteiger partial charge in [0.1, 0.15) is 0 Å². The summed E-state index contributed by atoms with van der Waals surface area (Å²) in [5, 5.41) is 2.62. The lowest BCUT2D eigenvalue weighted by Gasteiger charge is -2.21. The minimum Gasteiger partial charge on any atom is -0.454 e. The van der Waals surface area contributed by atoms with Gasteiger partial charge < -0.3 is 14.6 Å². The number of anilines is 1. The number of ether oxygens (including phenoxy) is 1. The molecule has 1 atom stereocenters. The number of Topliss-reactive ketones (excluding diaryl/α,β-unsaturated/α-hetero) is 1. The average molecular weight is 398 g/mol. The number of carbonyl (C=O) groups excluding carboxylic acids is 3. The predicted molar refractivity (Wildman–Crippen MR) is 107 cm³/mol. The van der Waals surface area contributed by atoms with Crippen molar-refractivity contribution < 1.29 is 19.1 Å². The molecule has 1 aliphatic heterocycles. The maximum atomic E-state index is 12.6. The van der Waals surface area contributed by atoms with Gasteiger partial charge in [-0.15, -0.1) is 11.8 Å². The molecule has 1 fully saturated rings. The molecule has 0 spiro atoms. The van der Waals surface area contributed by atoms with Crippen LogP contribution in [0.15, 0.2) is 29.2 Å². The molecule has 1 saturated carbocycles. The van der Waals surface area contributed by atoms with Gasteiger partial charge in [0.15, 0.2) is 6.61 Å². The topological polar surface area (TPSA) is 77.4 Å². The van der Waals surface area contributed by atoms with Crippen LogP contribution >= 0.6 is 11.8 Å². The van der Waals surface area contributed by atoms with Crippen LogP contribution in [-0.4, -0.2) is 34.1 Å². The van der Waals surface area contributed by atoms with Crippen molar-refractivity contribution in [3.05, 3.63) is 46.8 Å². The average Bonchev–Trinajstić information content (AvgIpc) is 3.44. The molecule has 1 aliphatic carbocycles. The zero-order chi connectivity index (χ0) is 20.0. The highest BCUT2D eigenvalue weighted by molar-refractivity contribution is 8.00. The van der Waals surface area contributed by atoms with Crippen molar-refractivity contribution in [2.24, 2.45) is 0 Å². The van der Waals surface area contributed by atoms with Gasteiger partial charge in [0.25, 0.3) is 0 Å². The molecule has 0 radical (unpaired) electrons. The number of ketones is 1. The van der Waals surface area contributed by atoms with Gasteiger partial charge in [-0.25, -0.2) is 4.79 Å². The molecule has 0 saturated heterocycles. The lowest BCUT2D eigenvalue weighted by Crippen LogP contribution is -2.26. The van der Waals surface area contributed by atoms with Crippen molar-refractivity contribution in [3.8, 4) is 0 Å². The third-order valence-corrected chi connectivity index (χ3v) is 6.35. The number of nitrogens with one attached hydrogen (secondary N) is 1. The summed E-state index contributed by atoms with van der Waals surface area (Å²) < 4.78 is 7.44. The zero-order valence-electron chi connectivity index (χ0n) is 16.1. The number of fused-ring (bicyclic) bond motifs is 1. The lowest BCUT2D eigenvalue weighted by molar-refractivity contribution is -0.115. The molecule has 0 unspecified atom stereocenters. The summed E-state index contributed by atoms with van der Waals surface area (Å²) in [5.74, 6) is -0.877. The second-order valence-corrected chi connectivity index (χ2v) is 8.73. The van der Waals surface area contributed by atoms with Crippen molar-refractivity contribution in [1.82, 2.24) is 4.57 Å². The van der Waals surface area contributed by atoms with E-state index in [2.05, 4.69) is 9.88 Å². The van der Waals surface area contributed by atoms with E-state index in [0.717, 1.165) is 29.1 Å². The van der Waals surface area contributed by atoms with Gasteiger partial charge in [0.05, 0.1) is 16.5 Å². The van der Waals surface area contributed by atoms with Crippen molar-refractivity contribution in [3.63, 3.8) is 0 Å². The quantitative estimate of drug-likeness (QED) is 0.610. The molecule has 2 aliphatic rings. The highest BCUT2D eigenvalue weighted by atomic mass is 32.2. The fourth-order valence-electron chi connectivity index (χ4n) is 3.58. The van der Waals surface area contributed by atoms with Crippen LogP contribution in [0, 0.1) is 13.8 Å². The van der Waals surface area contributed by atoms with Crippen LogP contribution in [-0.2, 0) is 9.53 Å². The Labute approximate surface area is 167 Å². The fourth-order valence-corrected chi connectivity index (χ4v) is 4.51. The minimum absolute atomic E-state index is 0.0933. The van der Waals surface area contributed by atoms with E-state index in [-0.39, 0.29) is 23.5 Å². The summed E-state index contributed by atoms with van der Waals surface area (Å²) >= 11 is 1.45. The molecule has 4 rings (SSSR count). The molecule has 1 amide bonds. The summed E-state index contributed by atoms with van der Waals surface area (Å²) in [6.45, 7) is 5.46. The zero-order valence-corrected chi connectivity index (χ0v) is 16.9.